The Kier molecular flexibility index (Phi) is 38.2. The van der Waals surface area contributed by atoms with Gasteiger partial charge in [0.25, 0.3) is 0 Å². The van der Waals surface area contributed by atoms with Gasteiger partial charge in [-0.25, -0.2) is 0 Å². The molecule has 0 bridgehead atoms. The smallest absolute Gasteiger partial charge is 0.140 e. The second kappa shape index (κ2) is 40.7. The summed E-state index contributed by atoms with van der Waals surface area (Å²) in [6, 6.07) is 5.42. The lowest BCUT2D eigenvalue weighted by molar-refractivity contribution is 0.172. The van der Waals surface area contributed by atoms with Crippen molar-refractivity contribution >= 4 is 11.4 Å². The van der Waals surface area contributed by atoms with Crippen LogP contribution in [0.25, 0.3) is 0 Å². The van der Waals surface area contributed by atoms with Gasteiger partial charge in [0.2, 0.25) is 0 Å². The fraction of sp³-hybridized carbons (Fsp3) is 0.880. The maximum Gasteiger partial charge on any atom is 0.140 e. The van der Waals surface area contributed by atoms with Crippen LogP contribution in [0.5, 0.6) is 5.75 Å². The molecule has 1 rings (SSSR count). The molecule has 0 saturated carbocycles. The fourth-order valence-corrected chi connectivity index (χ4v) is 8.09. The largest absolute Gasteiger partial charge is 0.506 e. The molecule has 1 aromatic rings. The van der Waals surface area contributed by atoms with Crippen molar-refractivity contribution < 1.29 is 15.3 Å². The van der Waals surface area contributed by atoms with Crippen LogP contribution in [0.1, 0.15) is 258 Å². The second-order valence-corrected chi connectivity index (χ2v) is 17.4. The van der Waals surface area contributed by atoms with Crippen molar-refractivity contribution in [2.24, 2.45) is 0 Å². The summed E-state index contributed by atoms with van der Waals surface area (Å²) in [5.41, 5.74) is 1.39. The van der Waals surface area contributed by atoms with Crippen LogP contribution < -0.4 is 10.6 Å². The third-order valence-electron chi connectivity index (χ3n) is 11.9. The van der Waals surface area contributed by atoms with E-state index in [1.54, 1.807) is 6.07 Å². The quantitative estimate of drug-likeness (QED) is 0.0337. The monoisotopic (exact) mass is 773 g/mol. The van der Waals surface area contributed by atoms with Crippen LogP contribution in [0.3, 0.4) is 0 Å². The van der Waals surface area contributed by atoms with Gasteiger partial charge >= 0.3 is 0 Å². The lowest BCUT2D eigenvalue weighted by Crippen LogP contribution is -2.22. The summed E-state index contributed by atoms with van der Waals surface area (Å²) < 4.78 is 0. The minimum atomic E-state index is -0.441. The Morgan fingerprint density at radius 3 is 0.964 bits per heavy atom. The van der Waals surface area contributed by atoms with Gasteiger partial charge in [0, 0.05) is 13.1 Å². The van der Waals surface area contributed by atoms with E-state index in [1.165, 1.54) is 218 Å². The molecule has 0 aliphatic heterocycles. The Balaban J connectivity index is 1.98. The van der Waals surface area contributed by atoms with Crippen LogP contribution in [-0.4, -0.2) is 40.6 Å². The second-order valence-electron chi connectivity index (χ2n) is 17.4. The van der Waals surface area contributed by atoms with Crippen LogP contribution in [-0.2, 0) is 0 Å². The first kappa shape index (κ1) is 51.6. The van der Waals surface area contributed by atoms with E-state index in [1.807, 2.05) is 12.1 Å². The van der Waals surface area contributed by atoms with Gasteiger partial charge in [0.15, 0.2) is 0 Å². The van der Waals surface area contributed by atoms with E-state index < -0.39 is 12.2 Å². The van der Waals surface area contributed by atoms with E-state index in [9.17, 15) is 15.3 Å². The number of aromatic hydroxyl groups is 1. The van der Waals surface area contributed by atoms with Crippen molar-refractivity contribution in [3.63, 3.8) is 0 Å². The molecule has 0 aliphatic carbocycles. The maximum absolute atomic E-state index is 10.6. The van der Waals surface area contributed by atoms with Crippen molar-refractivity contribution in [2.45, 2.75) is 270 Å². The lowest BCUT2D eigenvalue weighted by atomic mass is 10.0. The summed E-state index contributed by atoms with van der Waals surface area (Å²) in [5.74, 6) is 0.170. The van der Waals surface area contributed by atoms with E-state index in [-0.39, 0.29) is 5.75 Å². The van der Waals surface area contributed by atoms with Gasteiger partial charge in [-0.05, 0) is 25.0 Å². The van der Waals surface area contributed by atoms with Gasteiger partial charge in [-0.2, -0.15) is 0 Å². The Labute approximate surface area is 343 Å². The summed E-state index contributed by atoms with van der Waals surface area (Å²) in [4.78, 5) is 0. The van der Waals surface area contributed by atoms with E-state index in [0.29, 0.717) is 18.8 Å². The Morgan fingerprint density at radius 2 is 0.655 bits per heavy atom. The molecule has 0 aliphatic rings. The molecule has 0 saturated heterocycles. The third kappa shape index (κ3) is 34.3. The number of aliphatic hydroxyl groups excluding tert-OH is 2. The number of anilines is 2. The number of hydrogen-bond donors (Lipinski definition) is 5. The van der Waals surface area contributed by atoms with Gasteiger partial charge in [-0.15, -0.1) is 0 Å². The van der Waals surface area contributed by atoms with E-state index in [0.717, 1.165) is 31.4 Å². The number of benzene rings is 1. The standard InChI is InChI=1S/C50H96N2O3/c1-3-5-7-9-11-13-15-17-19-21-23-25-27-29-31-33-35-37-40-46(53)44-51-48-42-39-43-49(55)50(48)52-45-47(54)41-38-36-34-32-30-28-26-24-22-20-18-16-14-12-10-8-6-4-2/h39,42-43,46-47,51-55H,3-38,40-41,44-45H2,1-2H3. The molecule has 0 heterocycles. The summed E-state index contributed by atoms with van der Waals surface area (Å²) in [5, 5.41) is 38.4. The van der Waals surface area contributed by atoms with Gasteiger partial charge in [0.1, 0.15) is 11.4 Å². The van der Waals surface area contributed by atoms with Crippen molar-refractivity contribution in [1.29, 1.82) is 0 Å². The normalized spacial score (nSPS) is 12.7. The summed E-state index contributed by atoms with van der Waals surface area (Å²) in [6.07, 6.45) is 49.9. The first-order chi connectivity index (χ1) is 27.1. The average molecular weight is 773 g/mol. The van der Waals surface area contributed by atoms with Crippen LogP contribution >= 0.6 is 0 Å². The highest BCUT2D eigenvalue weighted by Crippen LogP contribution is 2.32. The molecule has 5 nitrogen and oxygen atoms in total. The molecule has 324 valence electrons. The highest BCUT2D eigenvalue weighted by molar-refractivity contribution is 5.75. The van der Waals surface area contributed by atoms with Crippen molar-refractivity contribution in [3.05, 3.63) is 18.2 Å². The molecule has 5 N–H and O–H groups in total. The van der Waals surface area contributed by atoms with Crippen LogP contribution in [0, 0.1) is 0 Å². The highest BCUT2D eigenvalue weighted by Gasteiger charge is 2.12. The van der Waals surface area contributed by atoms with Crippen molar-refractivity contribution in [3.8, 4) is 5.75 Å². The number of phenols is 1. The number of rotatable bonds is 44. The number of hydrogen-bond acceptors (Lipinski definition) is 5. The number of aliphatic hydroxyl groups is 2. The van der Waals surface area contributed by atoms with Gasteiger partial charge in [0.05, 0.1) is 17.9 Å². The molecule has 5 heteroatoms. The molecule has 1 aromatic carbocycles. The number of para-hydroxylation sites is 1. The minimum Gasteiger partial charge on any atom is -0.506 e. The fourth-order valence-electron chi connectivity index (χ4n) is 8.09. The SMILES string of the molecule is CCCCCCCCCCCCCCCCCCCCC(O)CNc1cccc(O)c1NCC(O)CCCCCCCCCCCCCCCCCCCC. The molecule has 0 radical (unpaired) electrons. The summed E-state index contributed by atoms with van der Waals surface area (Å²) in [6.45, 7) is 5.45. The predicted molar refractivity (Wildman–Crippen MR) is 244 cm³/mol. The molecule has 0 aromatic heterocycles. The summed E-state index contributed by atoms with van der Waals surface area (Å²) >= 11 is 0. The minimum absolute atomic E-state index is 0.170. The molecule has 0 amide bonds. The topological polar surface area (TPSA) is 84.8 Å². The van der Waals surface area contributed by atoms with Gasteiger partial charge in [-0.3, -0.25) is 0 Å². The first-order valence-corrected chi connectivity index (χ1v) is 24.7. The average Bonchev–Trinajstić information content (AvgIpc) is 3.18. The Bertz CT molecular complexity index is 911. The van der Waals surface area contributed by atoms with Crippen molar-refractivity contribution in [2.75, 3.05) is 23.7 Å². The number of phenolic OH excluding ortho intramolecular Hbond substituents is 1. The van der Waals surface area contributed by atoms with Crippen LogP contribution in [0.15, 0.2) is 18.2 Å². The third-order valence-corrected chi connectivity index (χ3v) is 11.9. The highest BCUT2D eigenvalue weighted by atomic mass is 16.3. The van der Waals surface area contributed by atoms with Gasteiger partial charge in [-0.1, -0.05) is 251 Å². The summed E-state index contributed by atoms with van der Waals surface area (Å²) in [7, 11) is 0. The molecular weight excluding hydrogens is 677 g/mol. The molecule has 2 atom stereocenters. The van der Waals surface area contributed by atoms with E-state index in [4.69, 9.17) is 0 Å². The zero-order chi connectivity index (χ0) is 39.7. The molecular formula is C50H96N2O3. The Hall–Kier alpha value is -1.46. The van der Waals surface area contributed by atoms with Crippen LogP contribution in [0.4, 0.5) is 11.4 Å². The zero-order valence-electron chi connectivity index (χ0n) is 37.0. The molecule has 2 unspecified atom stereocenters. The first-order valence-electron chi connectivity index (χ1n) is 24.7. The maximum atomic E-state index is 10.6. The predicted octanol–water partition coefficient (Wildman–Crippen LogP) is 15.8. The van der Waals surface area contributed by atoms with E-state index >= 15 is 0 Å². The van der Waals surface area contributed by atoms with Crippen LogP contribution in [0.2, 0.25) is 0 Å². The Morgan fingerprint density at radius 1 is 0.382 bits per heavy atom. The van der Waals surface area contributed by atoms with Gasteiger partial charge < -0.3 is 26.0 Å². The molecule has 0 spiro atoms. The molecule has 0 fully saturated rings. The van der Waals surface area contributed by atoms with E-state index in [2.05, 4.69) is 24.5 Å². The van der Waals surface area contributed by atoms with Crippen molar-refractivity contribution in [1.82, 2.24) is 0 Å². The molecule has 55 heavy (non-hydrogen) atoms. The number of unbranched alkanes of at least 4 members (excludes halogenated alkanes) is 34. The number of nitrogens with one attached hydrogen (secondary N) is 2. The lowest BCUT2D eigenvalue weighted by Gasteiger charge is -2.19. The zero-order valence-corrected chi connectivity index (χ0v) is 37.0.